The number of aromatic hydroxyl groups is 1. The Morgan fingerprint density at radius 3 is 2.66 bits per heavy atom. The number of allylic oxidation sites excluding steroid dienone is 2. The van der Waals surface area contributed by atoms with Gasteiger partial charge in [-0.3, -0.25) is 4.94 Å². The average molecular weight is 400 g/mol. The van der Waals surface area contributed by atoms with E-state index in [1.54, 1.807) is 19.1 Å². The maximum Gasteiger partial charge on any atom is 0.255 e. The van der Waals surface area contributed by atoms with Gasteiger partial charge in [0.05, 0.1) is 5.69 Å². The number of nitrogens with zero attached hydrogens (tertiary/aromatic N) is 1. The molecule has 1 heterocycles. The predicted octanol–water partition coefficient (Wildman–Crippen LogP) is 5.10. The minimum atomic E-state index is -0.641. The largest absolute Gasteiger partial charge is 0.512 e. The molecule has 0 unspecified atom stereocenters. The van der Waals surface area contributed by atoms with E-state index in [1.165, 1.54) is 42.6 Å². The molecule has 0 amide bonds. The second-order valence-corrected chi connectivity index (χ2v) is 6.23. The molecule has 0 bridgehead atoms. The molecule has 6 nitrogen and oxygen atoms in total. The van der Waals surface area contributed by atoms with Crippen molar-refractivity contribution in [2.75, 3.05) is 5.73 Å². The number of nitrogens with two attached hydrogens (primary N) is 1. The number of rotatable bonds is 6. The number of benzene rings is 2. The number of phenolic OH excluding ortho intramolecular Hbond substituents is 1. The molecule has 150 valence electrons. The lowest BCUT2D eigenvalue weighted by atomic mass is 10.0. The monoisotopic (exact) mass is 400 g/mol. The normalized spacial score (nSPS) is 11.7. The topological polar surface area (TPSA) is 97.8 Å². The number of para-hydroxylation sites is 1. The third-order valence-electron chi connectivity index (χ3n) is 4.31. The first kappa shape index (κ1) is 19.9. The van der Waals surface area contributed by atoms with Gasteiger partial charge < -0.3 is 20.7 Å². The average Bonchev–Trinajstić information content (AvgIpc) is 2.69. The van der Waals surface area contributed by atoms with Gasteiger partial charge in [-0.25, -0.2) is 9.37 Å². The maximum atomic E-state index is 13.7. The molecule has 0 spiro atoms. The second-order valence-electron chi connectivity index (χ2n) is 6.23. The van der Waals surface area contributed by atoms with Gasteiger partial charge in [0.25, 0.3) is 5.88 Å². The van der Waals surface area contributed by atoms with Crippen LogP contribution in [-0.4, -0.2) is 15.2 Å². The summed E-state index contributed by atoms with van der Waals surface area (Å²) in [7, 11) is 0. The number of hydrogen-bond acceptors (Lipinski definition) is 6. The molecule has 0 radical (unpaired) electrons. The molecule has 2 aromatic carbocycles. The fourth-order valence-electron chi connectivity index (χ4n) is 2.76. The van der Waals surface area contributed by atoms with Gasteiger partial charge in [-0.15, -0.1) is 0 Å². The second kappa shape index (κ2) is 8.47. The number of hydrogen-bond donors (Lipinski definition) is 3. The van der Waals surface area contributed by atoms with Gasteiger partial charge in [-0.05, 0) is 42.8 Å². The lowest BCUT2D eigenvalue weighted by Gasteiger charge is -2.12. The quantitative estimate of drug-likeness (QED) is 0.394. The number of ether oxygens (including phenoxy) is 1. The van der Waals surface area contributed by atoms with Crippen LogP contribution in [0.2, 0.25) is 0 Å². The summed E-state index contributed by atoms with van der Waals surface area (Å²) < 4.78 is 31.8. The van der Waals surface area contributed by atoms with E-state index >= 15 is 0 Å². The van der Waals surface area contributed by atoms with Crippen molar-refractivity contribution < 1.29 is 28.8 Å². The van der Waals surface area contributed by atoms with Crippen molar-refractivity contribution in [3.05, 3.63) is 77.4 Å². The summed E-state index contributed by atoms with van der Waals surface area (Å²) >= 11 is 0. The molecule has 1 aromatic heterocycles. The highest BCUT2D eigenvalue weighted by atomic mass is 19.3. The molecule has 0 aliphatic carbocycles. The molecule has 8 heteroatoms. The van der Waals surface area contributed by atoms with Crippen molar-refractivity contribution in [3.8, 4) is 23.1 Å². The van der Waals surface area contributed by atoms with Gasteiger partial charge >= 0.3 is 0 Å². The lowest BCUT2D eigenvalue weighted by molar-refractivity contribution is -0.00632. The summed E-state index contributed by atoms with van der Waals surface area (Å²) in [4.78, 5) is 7.59. The van der Waals surface area contributed by atoms with Crippen LogP contribution >= 0.6 is 0 Å². The van der Waals surface area contributed by atoms with Gasteiger partial charge in [0.15, 0.2) is 11.6 Å². The van der Waals surface area contributed by atoms with E-state index in [9.17, 15) is 19.1 Å². The summed E-state index contributed by atoms with van der Waals surface area (Å²) in [5.41, 5.74) is 6.78. The number of nitrogen functional groups attached to an aromatic ring is 1. The highest BCUT2D eigenvalue weighted by Crippen LogP contribution is 2.34. The third kappa shape index (κ3) is 4.37. The standard InChI is InChI=1S/C21H18F2N2O4/c1-12(18(26)10-13-4-2-6-17(24)20(13)29-23)15-8-7-14(11-19(15)27)28-21-16(22)5-3-9-25-21/h2-9,11,26-27H,10,24H2,1H3/b18-12-. The summed E-state index contributed by atoms with van der Waals surface area (Å²) in [6.45, 7) is 1.59. The number of phenols is 1. The van der Waals surface area contributed by atoms with E-state index in [1.807, 2.05) is 0 Å². The molecule has 0 aliphatic heterocycles. The molecule has 3 aromatic rings. The molecule has 29 heavy (non-hydrogen) atoms. The summed E-state index contributed by atoms with van der Waals surface area (Å²) in [5.74, 6) is -1.18. The highest BCUT2D eigenvalue weighted by molar-refractivity contribution is 5.72. The molecule has 0 fully saturated rings. The van der Waals surface area contributed by atoms with E-state index in [0.29, 0.717) is 16.7 Å². The van der Waals surface area contributed by atoms with Crippen LogP contribution in [0.1, 0.15) is 18.1 Å². The minimum Gasteiger partial charge on any atom is -0.512 e. The number of aliphatic hydroxyl groups is 1. The van der Waals surface area contributed by atoms with E-state index in [-0.39, 0.29) is 41.0 Å². The molecule has 0 aliphatic rings. The lowest BCUT2D eigenvalue weighted by Crippen LogP contribution is -1.99. The van der Waals surface area contributed by atoms with Gasteiger partial charge in [-0.2, -0.15) is 0 Å². The Hall–Kier alpha value is -3.81. The van der Waals surface area contributed by atoms with Crippen LogP contribution < -0.4 is 15.4 Å². The van der Waals surface area contributed by atoms with Crippen molar-refractivity contribution in [1.82, 2.24) is 4.98 Å². The minimum absolute atomic E-state index is 0.0625. The van der Waals surface area contributed by atoms with Crippen molar-refractivity contribution in [2.24, 2.45) is 0 Å². The number of anilines is 1. The molecule has 0 atom stereocenters. The van der Waals surface area contributed by atoms with Crippen LogP contribution in [0.25, 0.3) is 5.57 Å². The van der Waals surface area contributed by atoms with Gasteiger partial charge in [0.1, 0.15) is 17.3 Å². The van der Waals surface area contributed by atoms with Crippen LogP contribution in [0, 0.1) is 5.82 Å². The van der Waals surface area contributed by atoms with Gasteiger partial charge in [0, 0.05) is 34.3 Å². The van der Waals surface area contributed by atoms with Crippen LogP contribution in [0.4, 0.5) is 14.6 Å². The zero-order chi connectivity index (χ0) is 21.0. The van der Waals surface area contributed by atoms with Crippen LogP contribution in [0.3, 0.4) is 0 Å². The summed E-state index contributed by atoms with van der Waals surface area (Å²) in [6.07, 6.45) is 1.32. The third-order valence-corrected chi connectivity index (χ3v) is 4.31. The fourth-order valence-corrected chi connectivity index (χ4v) is 2.76. The zero-order valence-electron chi connectivity index (χ0n) is 15.4. The van der Waals surface area contributed by atoms with Crippen LogP contribution in [0.15, 0.2) is 60.5 Å². The molecule has 0 saturated carbocycles. The Kier molecular flexibility index (Phi) is 5.82. The van der Waals surface area contributed by atoms with E-state index in [0.717, 1.165) is 0 Å². The first-order chi connectivity index (χ1) is 13.9. The van der Waals surface area contributed by atoms with E-state index < -0.39 is 5.82 Å². The smallest absolute Gasteiger partial charge is 0.255 e. The van der Waals surface area contributed by atoms with Crippen molar-refractivity contribution in [2.45, 2.75) is 13.3 Å². The number of halogens is 2. The van der Waals surface area contributed by atoms with Crippen LogP contribution in [0.5, 0.6) is 23.1 Å². The van der Waals surface area contributed by atoms with Gasteiger partial charge in [-0.1, -0.05) is 12.1 Å². The first-order valence-electron chi connectivity index (χ1n) is 8.57. The maximum absolute atomic E-state index is 13.7. The Bertz CT molecular complexity index is 1070. The summed E-state index contributed by atoms with van der Waals surface area (Å²) in [6, 6.07) is 11.5. The molecule has 4 N–H and O–H groups in total. The Balaban J connectivity index is 1.86. The Morgan fingerprint density at radius 2 is 1.97 bits per heavy atom. The molecular weight excluding hydrogens is 382 g/mol. The predicted molar refractivity (Wildman–Crippen MR) is 104 cm³/mol. The number of aliphatic hydroxyl groups excluding tert-OH is 1. The Labute approximate surface area is 165 Å². The van der Waals surface area contributed by atoms with Crippen molar-refractivity contribution >= 4 is 11.3 Å². The first-order valence-corrected chi connectivity index (χ1v) is 8.57. The molecule has 3 rings (SSSR count). The molecular formula is C21H18F2N2O4. The molecule has 0 saturated heterocycles. The van der Waals surface area contributed by atoms with Crippen LogP contribution in [-0.2, 0) is 6.42 Å². The highest BCUT2D eigenvalue weighted by Gasteiger charge is 2.15. The SMILES string of the molecule is C/C(=C(/O)Cc1cccc(N)c1OF)c1ccc(Oc2ncccc2F)cc1O. The van der Waals surface area contributed by atoms with E-state index in [4.69, 9.17) is 10.5 Å². The van der Waals surface area contributed by atoms with E-state index in [2.05, 4.69) is 9.93 Å². The fraction of sp³-hybridized carbons (Fsp3) is 0.0952. The summed E-state index contributed by atoms with van der Waals surface area (Å²) in [5, 5.41) is 20.8. The van der Waals surface area contributed by atoms with Gasteiger partial charge in [0.2, 0.25) is 0 Å². The Morgan fingerprint density at radius 1 is 1.17 bits per heavy atom. The van der Waals surface area contributed by atoms with Crippen molar-refractivity contribution in [3.63, 3.8) is 0 Å². The van der Waals surface area contributed by atoms with Crippen molar-refractivity contribution in [1.29, 1.82) is 0 Å². The number of aromatic nitrogens is 1. The number of pyridine rings is 1. The zero-order valence-corrected chi connectivity index (χ0v) is 15.4.